The third-order valence-corrected chi connectivity index (χ3v) is 3.92. The number of nitrogens with one attached hydrogen (secondary N) is 2. The Morgan fingerprint density at radius 1 is 1.40 bits per heavy atom. The molecule has 1 atom stereocenters. The van der Waals surface area contributed by atoms with Crippen LogP contribution in [0.2, 0.25) is 0 Å². The summed E-state index contributed by atoms with van der Waals surface area (Å²) in [5.41, 5.74) is 3.55. The molecule has 0 unspecified atom stereocenters. The summed E-state index contributed by atoms with van der Waals surface area (Å²) in [4.78, 5) is 21.0. The van der Waals surface area contributed by atoms with Gasteiger partial charge in [0, 0.05) is 17.9 Å². The van der Waals surface area contributed by atoms with Gasteiger partial charge >= 0.3 is 0 Å². The third kappa shape index (κ3) is 2.72. The van der Waals surface area contributed by atoms with Crippen LogP contribution in [0.4, 0.5) is 0 Å². The largest absolute Gasteiger partial charge is 0.347 e. The second-order valence-corrected chi connectivity index (χ2v) is 5.39. The predicted molar refractivity (Wildman–Crippen MR) is 76.2 cm³/mol. The van der Waals surface area contributed by atoms with E-state index < -0.39 is 0 Å². The van der Waals surface area contributed by atoms with Crippen LogP contribution < -0.4 is 10.6 Å². The van der Waals surface area contributed by atoms with Crippen LogP contribution in [-0.2, 0) is 24.2 Å². The van der Waals surface area contributed by atoms with E-state index >= 15 is 0 Å². The summed E-state index contributed by atoms with van der Waals surface area (Å²) in [6, 6.07) is -0.214. The number of carbonyl (C=O) groups excluding carboxylic acids is 1. The minimum Gasteiger partial charge on any atom is -0.347 e. The van der Waals surface area contributed by atoms with Crippen molar-refractivity contribution in [3.63, 3.8) is 0 Å². The van der Waals surface area contributed by atoms with Gasteiger partial charge in [-0.1, -0.05) is 12.2 Å². The van der Waals surface area contributed by atoms with Crippen molar-refractivity contribution in [2.45, 2.75) is 45.2 Å². The van der Waals surface area contributed by atoms with Crippen molar-refractivity contribution in [2.24, 2.45) is 0 Å². The molecule has 2 N–H and O–H groups in total. The smallest absolute Gasteiger partial charge is 0.241 e. The van der Waals surface area contributed by atoms with Crippen molar-refractivity contribution in [3.05, 3.63) is 34.9 Å². The van der Waals surface area contributed by atoms with Crippen molar-refractivity contribution in [2.75, 3.05) is 6.54 Å². The summed E-state index contributed by atoms with van der Waals surface area (Å²) in [5, 5.41) is 5.99. The number of rotatable bonds is 3. The number of carbonyl (C=O) groups is 1. The predicted octanol–water partition coefficient (Wildman–Crippen LogP) is 0.808. The molecule has 1 aromatic heterocycles. The first-order valence-electron chi connectivity index (χ1n) is 7.27. The van der Waals surface area contributed by atoms with Gasteiger partial charge in [-0.05, 0) is 38.2 Å². The van der Waals surface area contributed by atoms with Crippen LogP contribution in [-0.4, -0.2) is 28.5 Å². The van der Waals surface area contributed by atoms with Gasteiger partial charge in [0.05, 0.1) is 6.54 Å². The van der Waals surface area contributed by atoms with E-state index in [1.165, 1.54) is 24.1 Å². The van der Waals surface area contributed by atoms with E-state index in [1.54, 1.807) is 0 Å². The molecule has 0 spiro atoms. The number of aromatic nitrogens is 2. The van der Waals surface area contributed by atoms with Gasteiger partial charge in [-0.25, -0.2) is 9.97 Å². The molecule has 0 saturated carbocycles. The maximum Gasteiger partial charge on any atom is 0.241 e. The van der Waals surface area contributed by atoms with E-state index in [1.807, 2.05) is 19.1 Å². The molecule has 3 rings (SSSR count). The highest BCUT2D eigenvalue weighted by Crippen LogP contribution is 2.21. The lowest BCUT2D eigenvalue weighted by Gasteiger charge is -2.18. The summed E-state index contributed by atoms with van der Waals surface area (Å²) in [5.74, 6) is 0.705. The molecule has 5 heteroatoms. The van der Waals surface area contributed by atoms with Gasteiger partial charge in [0.1, 0.15) is 11.9 Å². The Kier molecular flexibility index (Phi) is 3.78. The fourth-order valence-corrected chi connectivity index (χ4v) is 2.85. The van der Waals surface area contributed by atoms with E-state index in [-0.39, 0.29) is 11.9 Å². The Balaban J connectivity index is 1.67. The molecule has 0 fully saturated rings. The fraction of sp³-hybridized carbons (Fsp3) is 0.533. The molecule has 0 bridgehead atoms. The summed E-state index contributed by atoms with van der Waals surface area (Å²) in [6.45, 7) is 3.20. The lowest BCUT2D eigenvalue weighted by Crippen LogP contribution is -2.40. The van der Waals surface area contributed by atoms with Gasteiger partial charge in [-0.3, -0.25) is 10.1 Å². The quantitative estimate of drug-likeness (QED) is 0.799. The number of fused-ring (bicyclic) bond motifs is 1. The third-order valence-electron chi connectivity index (χ3n) is 3.92. The van der Waals surface area contributed by atoms with Crippen LogP contribution in [0.1, 0.15) is 35.6 Å². The number of hydrogen-bond acceptors (Lipinski definition) is 4. The van der Waals surface area contributed by atoms with Gasteiger partial charge in [0.25, 0.3) is 0 Å². The van der Waals surface area contributed by atoms with E-state index in [4.69, 9.17) is 0 Å². The monoisotopic (exact) mass is 272 g/mol. The fourth-order valence-electron chi connectivity index (χ4n) is 2.85. The molecule has 1 amide bonds. The Bertz CT molecular complexity index is 553. The van der Waals surface area contributed by atoms with Crippen LogP contribution in [0.3, 0.4) is 0 Å². The van der Waals surface area contributed by atoms with Crippen molar-refractivity contribution in [1.82, 2.24) is 20.6 Å². The standard InChI is InChI=1S/C15H20N4O/c1-10-11-5-2-3-6-12(11)19-14(18-10)9-17-15(20)13-7-4-8-16-13/h4,7,13,16H,2-3,5-6,8-9H2,1H3,(H,17,20)/t13-/m1/s1. The minimum absolute atomic E-state index is 0.0160. The molecule has 2 heterocycles. The molecule has 106 valence electrons. The molecule has 0 aromatic carbocycles. The average Bonchev–Trinajstić information content (AvgIpc) is 2.99. The molecule has 1 aliphatic heterocycles. The molecule has 0 radical (unpaired) electrons. The van der Waals surface area contributed by atoms with Crippen molar-refractivity contribution in [3.8, 4) is 0 Å². The number of aryl methyl sites for hydroxylation is 2. The highest BCUT2D eigenvalue weighted by atomic mass is 16.2. The SMILES string of the molecule is Cc1nc(CNC(=O)[C@H]2C=CCN2)nc2c1CCCC2. The van der Waals surface area contributed by atoms with Gasteiger partial charge in [0.2, 0.25) is 5.91 Å². The molecule has 2 aliphatic rings. The minimum atomic E-state index is -0.214. The Morgan fingerprint density at radius 2 is 2.25 bits per heavy atom. The highest BCUT2D eigenvalue weighted by molar-refractivity contribution is 5.84. The number of hydrogen-bond donors (Lipinski definition) is 2. The molecular formula is C15H20N4O. The first kappa shape index (κ1) is 13.2. The summed E-state index contributed by atoms with van der Waals surface area (Å²) in [6.07, 6.45) is 8.40. The second kappa shape index (κ2) is 5.71. The summed E-state index contributed by atoms with van der Waals surface area (Å²) in [7, 11) is 0. The zero-order chi connectivity index (χ0) is 13.9. The second-order valence-electron chi connectivity index (χ2n) is 5.39. The molecule has 1 aromatic rings. The molecular weight excluding hydrogens is 252 g/mol. The normalized spacial score (nSPS) is 20.8. The number of amides is 1. The zero-order valence-electron chi connectivity index (χ0n) is 11.8. The van der Waals surface area contributed by atoms with E-state index in [0.29, 0.717) is 6.54 Å². The van der Waals surface area contributed by atoms with Crippen molar-refractivity contribution < 1.29 is 4.79 Å². The lowest BCUT2D eigenvalue weighted by atomic mass is 9.95. The summed E-state index contributed by atoms with van der Waals surface area (Å²) < 4.78 is 0. The Hall–Kier alpha value is -1.75. The molecule has 0 saturated heterocycles. The molecule has 20 heavy (non-hydrogen) atoms. The Morgan fingerprint density at radius 3 is 3.05 bits per heavy atom. The van der Waals surface area contributed by atoms with Crippen LogP contribution in [0, 0.1) is 6.92 Å². The average molecular weight is 272 g/mol. The number of nitrogens with zero attached hydrogens (tertiary/aromatic N) is 2. The van der Waals surface area contributed by atoms with Crippen molar-refractivity contribution >= 4 is 5.91 Å². The van der Waals surface area contributed by atoms with E-state index in [2.05, 4.69) is 20.6 Å². The molecule has 5 nitrogen and oxygen atoms in total. The van der Waals surface area contributed by atoms with Crippen LogP contribution in [0.25, 0.3) is 0 Å². The first-order valence-corrected chi connectivity index (χ1v) is 7.27. The maximum absolute atomic E-state index is 11.9. The van der Waals surface area contributed by atoms with Crippen molar-refractivity contribution in [1.29, 1.82) is 0 Å². The van der Waals surface area contributed by atoms with Crippen LogP contribution in [0.5, 0.6) is 0 Å². The van der Waals surface area contributed by atoms with Crippen LogP contribution in [0.15, 0.2) is 12.2 Å². The van der Waals surface area contributed by atoms with Gasteiger partial charge in [-0.15, -0.1) is 0 Å². The highest BCUT2D eigenvalue weighted by Gasteiger charge is 2.19. The van der Waals surface area contributed by atoms with E-state index in [9.17, 15) is 4.79 Å². The van der Waals surface area contributed by atoms with Gasteiger partial charge in [0.15, 0.2) is 0 Å². The topological polar surface area (TPSA) is 66.9 Å². The first-order chi connectivity index (χ1) is 9.74. The van der Waals surface area contributed by atoms with Gasteiger partial charge in [-0.2, -0.15) is 0 Å². The van der Waals surface area contributed by atoms with Crippen LogP contribution >= 0.6 is 0 Å². The Labute approximate surface area is 118 Å². The van der Waals surface area contributed by atoms with E-state index in [0.717, 1.165) is 30.9 Å². The van der Waals surface area contributed by atoms with Gasteiger partial charge < -0.3 is 5.32 Å². The lowest BCUT2D eigenvalue weighted by molar-refractivity contribution is -0.122. The molecule has 1 aliphatic carbocycles. The maximum atomic E-state index is 11.9. The zero-order valence-corrected chi connectivity index (χ0v) is 11.8. The summed E-state index contributed by atoms with van der Waals surface area (Å²) >= 11 is 0.